The number of hydrogen-bond donors (Lipinski definition) is 0. The van der Waals surface area contributed by atoms with Crippen molar-refractivity contribution in [1.82, 2.24) is 0 Å². The molecule has 1 aromatic carbocycles. The third-order valence-corrected chi connectivity index (χ3v) is 5.11. The first-order valence-electron chi connectivity index (χ1n) is 12.9. The van der Waals surface area contributed by atoms with E-state index in [1.807, 2.05) is 38.1 Å². The molecule has 0 N–H and O–H groups in total. The van der Waals surface area contributed by atoms with Crippen LogP contribution in [0.3, 0.4) is 0 Å². The van der Waals surface area contributed by atoms with Crippen molar-refractivity contribution in [1.29, 1.82) is 0 Å². The van der Waals surface area contributed by atoms with Gasteiger partial charge in [0.1, 0.15) is 13.2 Å². The average Bonchev–Trinajstić information content (AvgIpc) is 2.98. The van der Waals surface area contributed by atoms with Crippen molar-refractivity contribution in [2.24, 2.45) is 5.92 Å². The van der Waals surface area contributed by atoms with Crippen LogP contribution in [0, 0.1) is 18.8 Å². The molecule has 1 unspecified atom stereocenters. The van der Waals surface area contributed by atoms with E-state index in [1.54, 1.807) is 0 Å². The molecule has 0 aliphatic heterocycles. The smallest absolute Gasteiger partial charge is 0.338 e. The molecule has 1 rings (SSSR count). The zero-order valence-electron chi connectivity index (χ0n) is 23.5. The zero-order chi connectivity index (χ0) is 29.5. The van der Waals surface area contributed by atoms with E-state index in [0.29, 0.717) is 5.56 Å². The summed E-state index contributed by atoms with van der Waals surface area (Å²) in [5.41, 5.74) is 1.67. The zero-order valence-corrected chi connectivity index (χ0v) is 24.8. The third-order valence-electron chi connectivity index (χ3n) is 5.11. The number of ether oxygens (including phenoxy) is 2. The Morgan fingerprint density at radius 1 is 0.886 bits per heavy atom. The van der Waals surface area contributed by atoms with Crippen molar-refractivity contribution in [3.8, 4) is 12.8 Å². The lowest BCUT2D eigenvalue weighted by molar-refractivity contribution is -0.149. The Bertz CT molecular complexity index is 670. The van der Waals surface area contributed by atoms with Crippen LogP contribution in [0.1, 0.15) is 86.0 Å². The van der Waals surface area contributed by atoms with Crippen LogP contribution in [-0.2, 0) is 59.0 Å². The number of esters is 2. The number of benzene rings is 1. The Morgan fingerprint density at radius 2 is 1.34 bits per heavy atom. The van der Waals surface area contributed by atoms with Crippen LogP contribution >= 0.6 is 0 Å². The van der Waals surface area contributed by atoms with Crippen LogP contribution < -0.4 is 4.90 Å². The quantitative estimate of drug-likeness (QED) is 0.143. The minimum Gasteiger partial charge on any atom is -0.462 e. The van der Waals surface area contributed by atoms with Gasteiger partial charge >= 0.3 is 11.9 Å². The first-order valence-corrected chi connectivity index (χ1v) is 14.6. The fourth-order valence-electron chi connectivity index (χ4n) is 2.95. The van der Waals surface area contributed by atoms with Crippen molar-refractivity contribution in [3.05, 3.63) is 29.8 Å². The maximum Gasteiger partial charge on any atom is 0.338 e. The fraction of sp³-hybridized carbons (Fsp3) is 0.615. The number of terminal acetylenes is 1. The largest absolute Gasteiger partial charge is 0.462 e. The van der Waals surface area contributed by atoms with E-state index in [1.165, 1.54) is 38.5 Å². The molecular weight excluding hydrogens is 519 g/mol. The van der Waals surface area contributed by atoms with E-state index in [4.69, 9.17) is 12.4 Å². The van der Waals surface area contributed by atoms with Crippen LogP contribution in [-0.4, -0.2) is 38.2 Å². The lowest BCUT2D eigenvalue weighted by Crippen LogP contribution is -2.25. The van der Waals surface area contributed by atoms with E-state index in [9.17, 15) is 9.59 Å². The number of unbranched alkanes of at least 4 members (excludes halogenated alkanes) is 4. The van der Waals surface area contributed by atoms with E-state index in [0.717, 1.165) is 25.2 Å². The van der Waals surface area contributed by atoms with Gasteiger partial charge in [0.15, 0.2) is 0 Å². The van der Waals surface area contributed by atoms with Crippen LogP contribution in [0.4, 0.5) is 5.69 Å². The fourth-order valence-corrected chi connectivity index (χ4v) is 2.95. The molecule has 0 aliphatic carbocycles. The second-order valence-corrected chi connectivity index (χ2v) is 7.56. The molecule has 0 heterocycles. The van der Waals surface area contributed by atoms with Gasteiger partial charge in [0.2, 0.25) is 0 Å². The lowest BCUT2D eigenvalue weighted by atomic mass is 10.1. The van der Waals surface area contributed by atoms with Gasteiger partial charge in [0.05, 0.1) is 11.5 Å². The normalized spacial score (nSPS) is 10.2. The molecule has 0 amide bonds. The maximum atomic E-state index is 12.2. The average molecular weight is 564 g/mol. The summed E-state index contributed by atoms with van der Waals surface area (Å²) < 4.78 is 20.3. The Balaban J connectivity index is -0.000000617. The van der Waals surface area contributed by atoms with Crippen LogP contribution in [0.15, 0.2) is 24.3 Å². The van der Waals surface area contributed by atoms with Gasteiger partial charge in [-0.2, -0.15) is 0 Å². The molecule has 0 fully saturated rings. The summed E-state index contributed by atoms with van der Waals surface area (Å²) in [5.74, 6) is -0.769. The Hall–Kier alpha value is -1.60. The van der Waals surface area contributed by atoms with Gasteiger partial charge in [-0.05, 0) is 43.5 Å². The molecule has 1 atom stereocenters. The summed E-state index contributed by atoms with van der Waals surface area (Å²) in [5, 5.41) is 0. The van der Waals surface area contributed by atoms with Gasteiger partial charge in [0, 0.05) is 66.5 Å². The molecule has 5 nitrogen and oxygen atoms in total. The van der Waals surface area contributed by atoms with Gasteiger partial charge < -0.3 is 14.4 Å². The van der Waals surface area contributed by atoms with Crippen molar-refractivity contribution in [2.75, 3.05) is 31.2 Å². The molecule has 0 bridgehead atoms. The predicted molar refractivity (Wildman–Crippen MR) is 160 cm³/mol. The lowest BCUT2D eigenvalue weighted by Gasteiger charge is -2.25. The molecular formula is C26H43NO4S4. The standard InChI is InChI=1S/C24H39NO4.C2H2.2S2.H2/c1-5-8-10-16-25(17-11-9-6-2)22-14-12-21(13-15-22)24(27)29-19-18-28-23(26)20(4)7-3;3*1-2;/h12-15,20H,5-11,16-19H2,1-4H3;1-2H;;;1H/i;;;;1+1D. The second-order valence-electron chi connectivity index (χ2n) is 7.56. The van der Waals surface area contributed by atoms with Gasteiger partial charge in [-0.1, -0.05) is 53.4 Å². The summed E-state index contributed by atoms with van der Waals surface area (Å²) in [6, 6.07) is 7.62. The second kappa shape index (κ2) is 28.6. The topological polar surface area (TPSA) is 55.8 Å². The number of rotatable bonds is 15. The molecule has 35 heavy (non-hydrogen) atoms. The Kier molecular flexibility index (Phi) is 29.1. The first-order chi connectivity index (χ1) is 18.0. The van der Waals surface area contributed by atoms with Crippen LogP contribution in [0.2, 0.25) is 0 Å². The summed E-state index contributed by atoms with van der Waals surface area (Å²) in [4.78, 5) is 26.2. The van der Waals surface area contributed by atoms with Gasteiger partial charge in [-0.3, -0.25) is 4.79 Å². The highest BCUT2D eigenvalue weighted by molar-refractivity contribution is 8.07. The molecule has 0 spiro atoms. The van der Waals surface area contributed by atoms with E-state index in [2.05, 4.69) is 76.3 Å². The number of hydrogen-bond acceptors (Lipinski definition) is 9. The molecule has 0 aliphatic rings. The summed E-state index contributed by atoms with van der Waals surface area (Å²) in [6.07, 6.45) is 16.0. The Morgan fingerprint density at radius 3 is 1.77 bits per heavy atom. The van der Waals surface area contributed by atoms with Crippen molar-refractivity contribution in [2.45, 2.75) is 72.6 Å². The monoisotopic (exact) mass is 563 g/mol. The maximum absolute atomic E-state index is 12.2. The van der Waals surface area contributed by atoms with E-state index >= 15 is 0 Å². The molecule has 0 radical (unpaired) electrons. The highest BCUT2D eigenvalue weighted by atomic mass is 32.8. The van der Waals surface area contributed by atoms with Gasteiger partial charge in [-0.25, -0.2) is 4.79 Å². The Labute approximate surface area is 236 Å². The molecule has 200 valence electrons. The number of nitrogens with zero attached hydrogens (tertiary/aromatic N) is 1. The van der Waals surface area contributed by atoms with Crippen molar-refractivity contribution < 1.29 is 22.0 Å². The summed E-state index contributed by atoms with van der Waals surface area (Å²) in [6.45, 7) is 10.4. The SMILES string of the molecule is C#C.CCCCCN(CCCCC)c1ccc(C(=O)OCCOC(=O)C(C)CC)cc1.S=S.S=S.[2H][2H]. The molecule has 0 saturated heterocycles. The summed E-state index contributed by atoms with van der Waals surface area (Å²) in [7, 11) is 0. The van der Waals surface area contributed by atoms with Crippen LogP contribution in [0.5, 0.6) is 0 Å². The summed E-state index contributed by atoms with van der Waals surface area (Å²) >= 11 is 14.7. The number of carbonyl (C=O) groups is 2. The van der Waals surface area contributed by atoms with Gasteiger partial charge in [0.25, 0.3) is 0 Å². The van der Waals surface area contributed by atoms with E-state index < -0.39 is 0 Å². The highest BCUT2D eigenvalue weighted by Gasteiger charge is 2.13. The van der Waals surface area contributed by atoms with E-state index in [-0.39, 0.29) is 31.1 Å². The predicted octanol–water partition coefficient (Wildman–Crippen LogP) is 6.11. The highest BCUT2D eigenvalue weighted by Crippen LogP contribution is 2.18. The first kappa shape index (κ1) is 35.6. The molecule has 1 aromatic rings. The number of carbonyl (C=O) groups excluding carboxylic acids is 2. The molecule has 9 heteroatoms. The van der Waals surface area contributed by atoms with Crippen molar-refractivity contribution >= 4 is 62.4 Å². The molecule has 0 saturated carbocycles. The minimum absolute atomic E-state index is 0.0723. The minimum atomic E-state index is -0.389. The van der Waals surface area contributed by atoms with Crippen molar-refractivity contribution in [3.63, 3.8) is 0 Å². The van der Waals surface area contributed by atoms with Gasteiger partial charge in [-0.15, -0.1) is 12.8 Å². The molecule has 0 aromatic heterocycles. The third kappa shape index (κ3) is 19.3. The van der Waals surface area contributed by atoms with Crippen LogP contribution in [0.25, 0.3) is 0 Å². The number of anilines is 1.